The topological polar surface area (TPSA) is 29.3 Å². The van der Waals surface area contributed by atoms with Crippen LogP contribution in [0.25, 0.3) is 0 Å². The highest BCUT2D eigenvalue weighted by molar-refractivity contribution is 14.1. The number of anilines is 3. The Morgan fingerprint density at radius 2 is 1.89 bits per heavy atom. The average Bonchev–Trinajstić information content (AvgIpc) is 2.34. The van der Waals surface area contributed by atoms with Crippen molar-refractivity contribution in [3.63, 3.8) is 0 Å². The van der Waals surface area contributed by atoms with Crippen LogP contribution in [-0.2, 0) is 0 Å². The molecule has 0 radical (unpaired) electrons. The minimum Gasteiger partial charge on any atom is -0.399 e. The second kappa shape index (κ2) is 5.56. The van der Waals surface area contributed by atoms with E-state index >= 15 is 0 Å². The van der Waals surface area contributed by atoms with Crippen molar-refractivity contribution in [2.24, 2.45) is 0 Å². The molecule has 2 aromatic carbocycles. The fraction of sp³-hybridized carbons (Fsp3) is 0.143. The normalized spacial score (nSPS) is 10.4. The Morgan fingerprint density at radius 1 is 1.17 bits per heavy atom. The molecule has 0 bridgehead atoms. The molecular formula is C14H14FIN2. The lowest BCUT2D eigenvalue weighted by atomic mass is 10.2. The Kier molecular flexibility index (Phi) is 4.06. The van der Waals surface area contributed by atoms with Crippen LogP contribution in [0, 0.1) is 9.39 Å². The number of hydrogen-bond acceptors (Lipinski definition) is 2. The molecule has 0 saturated carbocycles. The molecule has 2 N–H and O–H groups in total. The smallest absolute Gasteiger partial charge is 0.146 e. The number of benzene rings is 2. The molecule has 2 aromatic rings. The van der Waals surface area contributed by atoms with Crippen molar-refractivity contribution in [2.75, 3.05) is 17.2 Å². The summed E-state index contributed by atoms with van der Waals surface area (Å²) in [5.74, 6) is -0.216. The zero-order valence-electron chi connectivity index (χ0n) is 10.0. The first-order valence-corrected chi connectivity index (χ1v) is 6.78. The molecule has 0 saturated heterocycles. The highest BCUT2D eigenvalue weighted by Gasteiger charge is 2.13. The van der Waals surface area contributed by atoms with E-state index in [9.17, 15) is 4.39 Å². The molecule has 0 heterocycles. The molecule has 0 unspecified atom stereocenters. The molecule has 4 heteroatoms. The molecule has 2 rings (SSSR count). The minimum atomic E-state index is -0.216. The van der Waals surface area contributed by atoms with Crippen LogP contribution < -0.4 is 10.6 Å². The molecule has 0 aliphatic carbocycles. The highest BCUT2D eigenvalue weighted by Crippen LogP contribution is 2.32. The van der Waals surface area contributed by atoms with Crippen LogP contribution in [0.5, 0.6) is 0 Å². The zero-order valence-corrected chi connectivity index (χ0v) is 12.2. The van der Waals surface area contributed by atoms with Crippen LogP contribution in [-0.4, -0.2) is 6.54 Å². The van der Waals surface area contributed by atoms with Gasteiger partial charge in [0.15, 0.2) is 0 Å². The number of rotatable bonds is 3. The van der Waals surface area contributed by atoms with Crippen molar-refractivity contribution >= 4 is 39.7 Å². The van der Waals surface area contributed by atoms with Gasteiger partial charge in [-0.15, -0.1) is 0 Å². The maximum atomic E-state index is 13.9. The third-order valence-electron chi connectivity index (χ3n) is 2.72. The molecule has 18 heavy (non-hydrogen) atoms. The van der Waals surface area contributed by atoms with E-state index in [2.05, 4.69) is 22.6 Å². The van der Waals surface area contributed by atoms with E-state index in [1.165, 1.54) is 6.07 Å². The van der Waals surface area contributed by atoms with Gasteiger partial charge < -0.3 is 10.6 Å². The van der Waals surface area contributed by atoms with Crippen LogP contribution in [0.15, 0.2) is 42.5 Å². The van der Waals surface area contributed by atoms with Gasteiger partial charge in [0.25, 0.3) is 0 Å². The summed E-state index contributed by atoms with van der Waals surface area (Å²) >= 11 is 2.22. The van der Waals surface area contributed by atoms with Crippen molar-refractivity contribution in [2.45, 2.75) is 6.92 Å². The quantitative estimate of drug-likeness (QED) is 0.661. The number of hydrogen-bond donors (Lipinski definition) is 1. The molecular weight excluding hydrogens is 342 g/mol. The van der Waals surface area contributed by atoms with E-state index in [-0.39, 0.29) is 5.82 Å². The van der Waals surface area contributed by atoms with Gasteiger partial charge in [-0.2, -0.15) is 0 Å². The van der Waals surface area contributed by atoms with E-state index in [1.807, 2.05) is 36.1 Å². The van der Waals surface area contributed by atoms with Gasteiger partial charge in [0.05, 0.1) is 11.4 Å². The molecule has 0 atom stereocenters. The van der Waals surface area contributed by atoms with Crippen molar-refractivity contribution < 1.29 is 4.39 Å². The third kappa shape index (κ3) is 2.58. The largest absolute Gasteiger partial charge is 0.399 e. The van der Waals surface area contributed by atoms with E-state index in [0.29, 0.717) is 17.9 Å². The monoisotopic (exact) mass is 356 g/mol. The van der Waals surface area contributed by atoms with Crippen LogP contribution in [0.4, 0.5) is 21.5 Å². The SMILES string of the molecule is CCN(c1ccccc1F)c1ccc(N)cc1I. The summed E-state index contributed by atoms with van der Waals surface area (Å²) in [5, 5.41) is 0. The van der Waals surface area contributed by atoms with Crippen molar-refractivity contribution in [3.05, 3.63) is 51.9 Å². The van der Waals surface area contributed by atoms with Crippen LogP contribution in [0.2, 0.25) is 0 Å². The average molecular weight is 356 g/mol. The van der Waals surface area contributed by atoms with Crippen molar-refractivity contribution in [3.8, 4) is 0 Å². The Morgan fingerprint density at radius 3 is 2.50 bits per heavy atom. The Hall–Kier alpha value is -1.30. The number of halogens is 2. The minimum absolute atomic E-state index is 0.216. The second-order valence-electron chi connectivity index (χ2n) is 3.91. The standard InChI is InChI=1S/C14H14FIN2/c1-2-18(13-6-4-3-5-11(13)15)14-8-7-10(17)9-12(14)16/h3-9H,2,17H2,1H3. The summed E-state index contributed by atoms with van der Waals surface area (Å²) in [6.45, 7) is 2.69. The maximum Gasteiger partial charge on any atom is 0.146 e. The second-order valence-corrected chi connectivity index (χ2v) is 5.07. The molecule has 94 valence electrons. The van der Waals surface area contributed by atoms with Crippen LogP contribution in [0.3, 0.4) is 0 Å². The summed E-state index contributed by atoms with van der Waals surface area (Å²) in [7, 11) is 0. The summed E-state index contributed by atoms with van der Waals surface area (Å²) in [6.07, 6.45) is 0. The summed E-state index contributed by atoms with van der Waals surface area (Å²) in [6, 6.07) is 12.4. The van der Waals surface area contributed by atoms with Crippen LogP contribution in [0.1, 0.15) is 6.92 Å². The van der Waals surface area contributed by atoms with Gasteiger partial charge in [-0.25, -0.2) is 4.39 Å². The van der Waals surface area contributed by atoms with E-state index in [4.69, 9.17) is 5.73 Å². The first kappa shape index (κ1) is 13.1. The number of nitrogens with zero attached hydrogens (tertiary/aromatic N) is 1. The number of nitrogen functional groups attached to an aromatic ring is 1. The van der Waals surface area contributed by atoms with Gasteiger partial charge in [-0.05, 0) is 59.8 Å². The Balaban J connectivity index is 2.49. The lowest BCUT2D eigenvalue weighted by molar-refractivity contribution is 0.625. The Labute approximate surface area is 120 Å². The summed E-state index contributed by atoms with van der Waals surface area (Å²) < 4.78 is 14.9. The zero-order chi connectivity index (χ0) is 13.1. The lowest BCUT2D eigenvalue weighted by Crippen LogP contribution is -2.18. The predicted molar refractivity (Wildman–Crippen MR) is 82.7 cm³/mol. The molecule has 0 aliphatic rings. The van der Waals surface area contributed by atoms with Gasteiger partial charge in [0.1, 0.15) is 5.82 Å². The van der Waals surface area contributed by atoms with Gasteiger partial charge in [-0.3, -0.25) is 0 Å². The lowest BCUT2D eigenvalue weighted by Gasteiger charge is -2.25. The van der Waals surface area contributed by atoms with E-state index < -0.39 is 0 Å². The van der Waals surface area contributed by atoms with Gasteiger partial charge in [0, 0.05) is 15.8 Å². The molecule has 0 fully saturated rings. The molecule has 0 aliphatic heterocycles. The number of para-hydroxylation sites is 1. The Bertz CT molecular complexity index is 557. The van der Waals surface area contributed by atoms with E-state index in [1.54, 1.807) is 12.1 Å². The van der Waals surface area contributed by atoms with Crippen molar-refractivity contribution in [1.82, 2.24) is 0 Å². The third-order valence-corrected chi connectivity index (χ3v) is 3.59. The van der Waals surface area contributed by atoms with Gasteiger partial charge in [-0.1, -0.05) is 12.1 Å². The molecule has 0 spiro atoms. The fourth-order valence-electron chi connectivity index (χ4n) is 1.88. The predicted octanol–water partition coefficient (Wildman–Crippen LogP) is 4.17. The summed E-state index contributed by atoms with van der Waals surface area (Å²) in [5.41, 5.74) is 8.01. The highest BCUT2D eigenvalue weighted by atomic mass is 127. The van der Waals surface area contributed by atoms with Gasteiger partial charge >= 0.3 is 0 Å². The first-order valence-electron chi connectivity index (χ1n) is 5.70. The fourth-order valence-corrected chi connectivity index (χ4v) is 2.71. The maximum absolute atomic E-state index is 13.9. The van der Waals surface area contributed by atoms with E-state index in [0.717, 1.165) is 9.26 Å². The first-order chi connectivity index (χ1) is 8.63. The number of nitrogens with two attached hydrogens (primary N) is 1. The molecule has 2 nitrogen and oxygen atoms in total. The molecule has 0 amide bonds. The van der Waals surface area contributed by atoms with Gasteiger partial charge in [0.2, 0.25) is 0 Å². The van der Waals surface area contributed by atoms with Crippen LogP contribution >= 0.6 is 22.6 Å². The molecule has 0 aromatic heterocycles. The van der Waals surface area contributed by atoms with Crippen molar-refractivity contribution in [1.29, 1.82) is 0 Å². The summed E-state index contributed by atoms with van der Waals surface area (Å²) in [4.78, 5) is 1.94.